The Hall–Kier alpha value is -1.82. The molecule has 0 aromatic carbocycles. The summed E-state index contributed by atoms with van der Waals surface area (Å²) >= 11 is 0. The van der Waals surface area contributed by atoms with E-state index in [0.29, 0.717) is 6.42 Å². The molecule has 10 heteroatoms. The van der Waals surface area contributed by atoms with Crippen molar-refractivity contribution in [3.8, 4) is 0 Å². The van der Waals surface area contributed by atoms with Crippen molar-refractivity contribution in [2.24, 2.45) is 0 Å². The number of rotatable bonds is 35. The molecule has 0 radical (unpaired) electrons. The Morgan fingerprint density at radius 2 is 1.06 bits per heavy atom. The van der Waals surface area contributed by atoms with E-state index >= 15 is 0 Å². The fourth-order valence-electron chi connectivity index (χ4n) is 6.39. The van der Waals surface area contributed by atoms with Gasteiger partial charge in [0.15, 0.2) is 12.4 Å². The zero-order valence-electron chi connectivity index (χ0n) is 33.5. The summed E-state index contributed by atoms with van der Waals surface area (Å²) in [4.78, 5) is 25.2. The number of aliphatic hydroxyl groups is 4. The van der Waals surface area contributed by atoms with Crippen LogP contribution in [0.3, 0.4) is 0 Å². The molecule has 0 aromatic heterocycles. The molecule has 1 rings (SSSR count). The molecule has 4 N–H and O–H groups in total. The second-order valence-electron chi connectivity index (χ2n) is 14.8. The van der Waals surface area contributed by atoms with E-state index < -0.39 is 49.4 Å². The van der Waals surface area contributed by atoms with E-state index in [2.05, 4.69) is 38.2 Å². The Kier molecular flexibility index (Phi) is 32.2. The maximum absolute atomic E-state index is 12.7. The summed E-state index contributed by atoms with van der Waals surface area (Å²) in [6.45, 7) is 3.38. The van der Waals surface area contributed by atoms with Crippen molar-refractivity contribution in [1.82, 2.24) is 0 Å². The molecule has 0 unspecified atom stereocenters. The number of aliphatic hydroxyl groups excluding tert-OH is 4. The minimum Gasteiger partial charge on any atom is -0.462 e. The molecule has 1 saturated heterocycles. The quantitative estimate of drug-likeness (QED) is 0.0281. The van der Waals surface area contributed by atoms with Crippen LogP contribution in [0.5, 0.6) is 0 Å². The second kappa shape index (κ2) is 34.7. The van der Waals surface area contributed by atoms with Crippen LogP contribution in [0.1, 0.15) is 181 Å². The summed E-state index contributed by atoms with van der Waals surface area (Å²) in [5.74, 6) is -0.818. The molecule has 6 atom stereocenters. The number of carbonyl (C=O) groups excluding carboxylic acids is 2. The highest BCUT2D eigenvalue weighted by atomic mass is 16.7. The van der Waals surface area contributed by atoms with E-state index in [-0.39, 0.29) is 32.0 Å². The lowest BCUT2D eigenvalue weighted by atomic mass is 9.99. The second-order valence-corrected chi connectivity index (χ2v) is 14.8. The van der Waals surface area contributed by atoms with Gasteiger partial charge in [-0.05, 0) is 44.9 Å². The molecule has 0 spiro atoms. The standard InChI is InChI=1S/C43H78O10/c1-3-5-7-9-11-13-15-17-18-20-22-24-26-28-30-32-39(46)52-36(35-51-43-42(49)41(48)40(47)37(33-44)53-43)34-50-38(45)31-29-27-25-23-21-19-16-14-12-10-8-6-4-2/h11,13,17-18,36-37,40-44,47-49H,3-10,12,14-16,19-35H2,1-2H3/b13-11-,18-17-/t36-,37-,40+,41+,42-,43-/m1/s1. The average molecular weight is 755 g/mol. The summed E-state index contributed by atoms with van der Waals surface area (Å²) in [5.41, 5.74) is 0. The Bertz CT molecular complexity index is 923. The van der Waals surface area contributed by atoms with Crippen LogP contribution in [0.2, 0.25) is 0 Å². The third kappa shape index (κ3) is 26.6. The lowest BCUT2D eigenvalue weighted by Gasteiger charge is -2.39. The van der Waals surface area contributed by atoms with E-state index in [0.717, 1.165) is 57.8 Å². The molecule has 0 amide bonds. The van der Waals surface area contributed by atoms with Crippen molar-refractivity contribution in [2.45, 2.75) is 218 Å². The molecular formula is C43H78O10. The fourth-order valence-corrected chi connectivity index (χ4v) is 6.39. The number of hydrogen-bond donors (Lipinski definition) is 4. The van der Waals surface area contributed by atoms with Gasteiger partial charge in [0.2, 0.25) is 0 Å². The summed E-state index contributed by atoms with van der Waals surface area (Å²) in [6, 6.07) is 0. The van der Waals surface area contributed by atoms with Crippen LogP contribution in [-0.2, 0) is 28.5 Å². The van der Waals surface area contributed by atoms with Gasteiger partial charge in [0, 0.05) is 12.8 Å². The van der Waals surface area contributed by atoms with Gasteiger partial charge in [0.05, 0.1) is 13.2 Å². The largest absolute Gasteiger partial charge is 0.462 e. The molecule has 1 heterocycles. The third-order valence-electron chi connectivity index (χ3n) is 9.84. The summed E-state index contributed by atoms with van der Waals surface area (Å²) < 4.78 is 22.1. The van der Waals surface area contributed by atoms with E-state index in [1.165, 1.54) is 89.9 Å². The lowest BCUT2D eigenvalue weighted by Crippen LogP contribution is -2.59. The Morgan fingerprint density at radius 1 is 0.585 bits per heavy atom. The number of hydrogen-bond acceptors (Lipinski definition) is 10. The van der Waals surface area contributed by atoms with Crippen molar-refractivity contribution in [3.63, 3.8) is 0 Å². The molecule has 53 heavy (non-hydrogen) atoms. The van der Waals surface area contributed by atoms with Gasteiger partial charge in [-0.3, -0.25) is 9.59 Å². The van der Waals surface area contributed by atoms with Crippen LogP contribution in [0.25, 0.3) is 0 Å². The molecule has 0 aliphatic carbocycles. The maximum Gasteiger partial charge on any atom is 0.306 e. The number of carbonyl (C=O) groups is 2. The lowest BCUT2D eigenvalue weighted by molar-refractivity contribution is -0.305. The number of ether oxygens (including phenoxy) is 4. The molecule has 1 fully saturated rings. The molecule has 0 bridgehead atoms. The van der Waals surface area contributed by atoms with Crippen LogP contribution >= 0.6 is 0 Å². The van der Waals surface area contributed by atoms with Gasteiger partial charge >= 0.3 is 11.9 Å². The van der Waals surface area contributed by atoms with Crippen LogP contribution in [0.4, 0.5) is 0 Å². The van der Waals surface area contributed by atoms with Crippen LogP contribution in [0, 0.1) is 0 Å². The van der Waals surface area contributed by atoms with E-state index in [9.17, 15) is 30.0 Å². The van der Waals surface area contributed by atoms with Gasteiger partial charge in [0.1, 0.15) is 31.0 Å². The summed E-state index contributed by atoms with van der Waals surface area (Å²) in [7, 11) is 0. The van der Waals surface area contributed by atoms with Crippen molar-refractivity contribution < 1.29 is 49.0 Å². The van der Waals surface area contributed by atoms with E-state index in [1.54, 1.807) is 0 Å². The monoisotopic (exact) mass is 755 g/mol. The SMILES string of the molecule is CCCCC/C=C\C/C=C\CCCCCCCC(=O)O[C@H](COC(=O)CCCCCCCCCCCCCCC)CO[C@@H]1O[C@H](CO)[C@H](O)[C@H](O)[C@H]1O. The minimum absolute atomic E-state index is 0.216. The molecule has 1 aliphatic heterocycles. The van der Waals surface area contributed by atoms with Crippen LogP contribution < -0.4 is 0 Å². The van der Waals surface area contributed by atoms with Gasteiger partial charge in [0.25, 0.3) is 0 Å². The highest BCUT2D eigenvalue weighted by Gasteiger charge is 2.44. The highest BCUT2D eigenvalue weighted by Crippen LogP contribution is 2.22. The first-order valence-corrected chi connectivity index (χ1v) is 21.4. The first-order chi connectivity index (χ1) is 25.8. The fraction of sp³-hybridized carbons (Fsp3) is 0.860. The first-order valence-electron chi connectivity index (χ1n) is 21.4. The minimum atomic E-state index is -1.59. The van der Waals surface area contributed by atoms with Gasteiger partial charge in [-0.25, -0.2) is 0 Å². The average Bonchev–Trinajstić information content (AvgIpc) is 3.15. The third-order valence-corrected chi connectivity index (χ3v) is 9.84. The van der Waals surface area contributed by atoms with E-state index in [4.69, 9.17) is 18.9 Å². The van der Waals surface area contributed by atoms with Crippen LogP contribution in [0.15, 0.2) is 24.3 Å². The Balaban J connectivity index is 2.36. The molecule has 0 aromatic rings. The van der Waals surface area contributed by atoms with Gasteiger partial charge < -0.3 is 39.4 Å². The Morgan fingerprint density at radius 3 is 1.60 bits per heavy atom. The highest BCUT2D eigenvalue weighted by molar-refractivity contribution is 5.70. The van der Waals surface area contributed by atoms with Crippen molar-refractivity contribution in [1.29, 1.82) is 0 Å². The van der Waals surface area contributed by atoms with Crippen molar-refractivity contribution >= 4 is 11.9 Å². The predicted octanol–water partition coefficient (Wildman–Crippen LogP) is 8.55. The van der Waals surface area contributed by atoms with Gasteiger partial charge in [-0.1, -0.05) is 147 Å². The van der Waals surface area contributed by atoms with E-state index in [1.807, 2.05) is 0 Å². The molecule has 1 aliphatic rings. The topological polar surface area (TPSA) is 152 Å². The molecule has 10 nitrogen and oxygen atoms in total. The normalized spacial score (nSPS) is 21.1. The number of esters is 2. The van der Waals surface area contributed by atoms with Gasteiger partial charge in [-0.2, -0.15) is 0 Å². The summed E-state index contributed by atoms with van der Waals surface area (Å²) in [6.07, 6.45) is 28.9. The predicted molar refractivity (Wildman–Crippen MR) is 210 cm³/mol. The van der Waals surface area contributed by atoms with Crippen molar-refractivity contribution in [2.75, 3.05) is 19.8 Å². The van der Waals surface area contributed by atoms with Crippen LogP contribution in [-0.4, -0.2) is 89.0 Å². The molecule has 0 saturated carbocycles. The molecule has 310 valence electrons. The van der Waals surface area contributed by atoms with Crippen molar-refractivity contribution in [3.05, 3.63) is 24.3 Å². The summed E-state index contributed by atoms with van der Waals surface area (Å²) in [5, 5.41) is 40.0. The first kappa shape index (κ1) is 49.2. The zero-order chi connectivity index (χ0) is 38.8. The zero-order valence-corrected chi connectivity index (χ0v) is 33.5. The molecular weight excluding hydrogens is 676 g/mol. The van der Waals surface area contributed by atoms with Gasteiger partial charge in [-0.15, -0.1) is 0 Å². The number of allylic oxidation sites excluding steroid dienone is 4. The number of unbranched alkanes of at least 4 members (excludes halogenated alkanes) is 20. The smallest absolute Gasteiger partial charge is 0.306 e. The Labute approximate surface area is 322 Å². The maximum atomic E-state index is 12.7.